The van der Waals surface area contributed by atoms with Crippen molar-refractivity contribution in [3.8, 4) is 0 Å². The number of aromatic nitrogens is 1. The summed E-state index contributed by atoms with van der Waals surface area (Å²) < 4.78 is 0. The molecule has 0 aliphatic carbocycles. The maximum absolute atomic E-state index is 5.61. The second-order valence-electron chi connectivity index (χ2n) is 3.47. The summed E-state index contributed by atoms with van der Waals surface area (Å²) >= 11 is 7.27. The first-order valence-corrected chi connectivity index (χ1v) is 6.42. The minimum atomic E-state index is 0.788. The van der Waals surface area contributed by atoms with Crippen LogP contribution in [0.5, 0.6) is 0 Å². The van der Waals surface area contributed by atoms with Gasteiger partial charge in [0.05, 0.1) is 11.2 Å². The van der Waals surface area contributed by atoms with Crippen molar-refractivity contribution in [1.29, 1.82) is 0 Å². The molecule has 0 bridgehead atoms. The SMILES string of the molecule is CN(CCCCCCl)Cc1cscn1. The maximum Gasteiger partial charge on any atom is 0.0795 e. The van der Waals surface area contributed by atoms with Crippen LogP contribution in [-0.2, 0) is 6.54 Å². The molecule has 0 spiro atoms. The average molecular weight is 233 g/mol. The molecule has 0 atom stereocenters. The quantitative estimate of drug-likeness (QED) is 0.531. The second-order valence-corrected chi connectivity index (χ2v) is 4.56. The molecule has 1 aromatic rings. The Kier molecular flexibility index (Phi) is 6.15. The summed E-state index contributed by atoms with van der Waals surface area (Å²) in [4.78, 5) is 6.57. The van der Waals surface area contributed by atoms with Crippen LogP contribution in [0.15, 0.2) is 10.9 Å². The minimum absolute atomic E-state index is 0.788. The third kappa shape index (κ3) is 4.94. The van der Waals surface area contributed by atoms with E-state index in [4.69, 9.17) is 11.6 Å². The number of unbranched alkanes of at least 4 members (excludes halogenated alkanes) is 2. The molecule has 0 saturated heterocycles. The number of nitrogens with zero attached hydrogens (tertiary/aromatic N) is 2. The molecule has 0 radical (unpaired) electrons. The molecule has 1 aromatic heterocycles. The fraction of sp³-hybridized carbons (Fsp3) is 0.700. The van der Waals surface area contributed by atoms with Crippen LogP contribution in [0.25, 0.3) is 0 Å². The summed E-state index contributed by atoms with van der Waals surface area (Å²) in [6, 6.07) is 0. The van der Waals surface area contributed by atoms with Gasteiger partial charge in [-0.1, -0.05) is 6.42 Å². The van der Waals surface area contributed by atoms with Gasteiger partial charge in [-0.2, -0.15) is 0 Å². The highest BCUT2D eigenvalue weighted by Gasteiger charge is 2.00. The van der Waals surface area contributed by atoms with Crippen molar-refractivity contribution >= 4 is 22.9 Å². The molecule has 1 rings (SSSR count). The van der Waals surface area contributed by atoms with Crippen LogP contribution in [0.1, 0.15) is 25.0 Å². The number of halogens is 1. The summed E-state index contributed by atoms with van der Waals surface area (Å²) in [5.74, 6) is 0.788. The van der Waals surface area contributed by atoms with Crippen molar-refractivity contribution in [1.82, 2.24) is 9.88 Å². The van der Waals surface area contributed by atoms with Gasteiger partial charge in [-0.25, -0.2) is 4.98 Å². The van der Waals surface area contributed by atoms with Crippen LogP contribution in [0, 0.1) is 0 Å². The number of hydrogen-bond donors (Lipinski definition) is 0. The lowest BCUT2D eigenvalue weighted by Crippen LogP contribution is -2.19. The second kappa shape index (κ2) is 7.21. The van der Waals surface area contributed by atoms with E-state index in [9.17, 15) is 0 Å². The molecule has 0 amide bonds. The molecule has 0 aliphatic heterocycles. The van der Waals surface area contributed by atoms with Gasteiger partial charge in [-0.05, 0) is 26.4 Å². The van der Waals surface area contributed by atoms with Gasteiger partial charge in [-0.3, -0.25) is 0 Å². The highest BCUT2D eigenvalue weighted by Crippen LogP contribution is 2.05. The third-order valence-corrected chi connectivity index (χ3v) is 2.99. The van der Waals surface area contributed by atoms with E-state index in [1.165, 1.54) is 18.5 Å². The van der Waals surface area contributed by atoms with E-state index >= 15 is 0 Å². The highest BCUT2D eigenvalue weighted by atomic mass is 35.5. The van der Waals surface area contributed by atoms with Crippen LogP contribution in [-0.4, -0.2) is 29.4 Å². The maximum atomic E-state index is 5.61. The summed E-state index contributed by atoms with van der Waals surface area (Å²) in [5.41, 5.74) is 3.06. The predicted octanol–water partition coefficient (Wildman–Crippen LogP) is 2.98. The monoisotopic (exact) mass is 232 g/mol. The van der Waals surface area contributed by atoms with Gasteiger partial charge in [0.15, 0.2) is 0 Å². The molecule has 14 heavy (non-hydrogen) atoms. The van der Waals surface area contributed by atoms with Crippen LogP contribution in [0.3, 0.4) is 0 Å². The number of hydrogen-bond acceptors (Lipinski definition) is 3. The van der Waals surface area contributed by atoms with Gasteiger partial charge in [0.2, 0.25) is 0 Å². The van der Waals surface area contributed by atoms with Gasteiger partial charge in [0.25, 0.3) is 0 Å². The lowest BCUT2D eigenvalue weighted by Gasteiger charge is -2.14. The van der Waals surface area contributed by atoms with Crippen molar-refractivity contribution in [2.45, 2.75) is 25.8 Å². The Morgan fingerprint density at radius 3 is 2.93 bits per heavy atom. The number of rotatable bonds is 7. The first kappa shape index (κ1) is 12.0. The zero-order valence-corrected chi connectivity index (χ0v) is 10.2. The van der Waals surface area contributed by atoms with Gasteiger partial charge >= 0.3 is 0 Å². The van der Waals surface area contributed by atoms with Crippen molar-refractivity contribution in [3.63, 3.8) is 0 Å². The highest BCUT2D eigenvalue weighted by molar-refractivity contribution is 7.07. The molecule has 80 valence electrons. The molecular weight excluding hydrogens is 216 g/mol. The van der Waals surface area contributed by atoms with Crippen molar-refractivity contribution in [2.75, 3.05) is 19.5 Å². The van der Waals surface area contributed by atoms with Crippen molar-refractivity contribution < 1.29 is 0 Å². The first-order chi connectivity index (χ1) is 6.83. The van der Waals surface area contributed by atoms with E-state index in [2.05, 4.69) is 22.3 Å². The Morgan fingerprint density at radius 1 is 1.43 bits per heavy atom. The van der Waals surface area contributed by atoms with E-state index in [0.717, 1.165) is 25.4 Å². The lowest BCUT2D eigenvalue weighted by molar-refractivity contribution is 0.315. The Morgan fingerprint density at radius 2 is 2.29 bits per heavy atom. The first-order valence-electron chi connectivity index (χ1n) is 4.94. The zero-order valence-electron chi connectivity index (χ0n) is 8.58. The molecule has 4 heteroatoms. The average Bonchev–Trinajstić information content (AvgIpc) is 2.65. The normalized spacial score (nSPS) is 11.1. The van der Waals surface area contributed by atoms with Crippen LogP contribution in [0.4, 0.5) is 0 Å². The Balaban J connectivity index is 2.07. The van der Waals surface area contributed by atoms with Crippen LogP contribution in [0.2, 0.25) is 0 Å². The smallest absolute Gasteiger partial charge is 0.0795 e. The molecule has 0 aromatic carbocycles. The summed E-state index contributed by atoms with van der Waals surface area (Å²) in [6.07, 6.45) is 3.59. The Labute approximate surface area is 94.9 Å². The lowest BCUT2D eigenvalue weighted by atomic mass is 10.2. The summed E-state index contributed by atoms with van der Waals surface area (Å²) in [6.45, 7) is 2.10. The predicted molar refractivity (Wildman–Crippen MR) is 63.0 cm³/mol. The van der Waals surface area contributed by atoms with E-state index in [0.29, 0.717) is 0 Å². The van der Waals surface area contributed by atoms with Crippen molar-refractivity contribution in [3.05, 3.63) is 16.6 Å². The van der Waals surface area contributed by atoms with Gasteiger partial charge in [-0.15, -0.1) is 22.9 Å². The molecule has 0 aliphatic rings. The fourth-order valence-electron chi connectivity index (χ4n) is 1.32. The van der Waals surface area contributed by atoms with E-state index in [1.54, 1.807) is 11.3 Å². The van der Waals surface area contributed by atoms with E-state index < -0.39 is 0 Å². The third-order valence-electron chi connectivity index (χ3n) is 2.09. The molecule has 2 nitrogen and oxygen atoms in total. The van der Waals surface area contributed by atoms with E-state index in [1.807, 2.05) is 5.51 Å². The van der Waals surface area contributed by atoms with Gasteiger partial charge in [0.1, 0.15) is 0 Å². The largest absolute Gasteiger partial charge is 0.301 e. The zero-order chi connectivity index (χ0) is 10.2. The molecule has 0 saturated carbocycles. The summed E-state index contributed by atoms with van der Waals surface area (Å²) in [5, 5.41) is 2.11. The van der Waals surface area contributed by atoms with Gasteiger partial charge < -0.3 is 4.90 Å². The minimum Gasteiger partial charge on any atom is -0.301 e. The summed E-state index contributed by atoms with van der Waals surface area (Å²) in [7, 11) is 2.14. The van der Waals surface area contributed by atoms with Crippen molar-refractivity contribution in [2.24, 2.45) is 0 Å². The molecular formula is C10H17ClN2S. The number of alkyl halides is 1. The number of thiazole rings is 1. The standard InChI is InChI=1S/C10H17ClN2S/c1-13(6-4-2-3-5-11)7-10-8-14-9-12-10/h8-9H,2-7H2,1H3. The molecule has 0 N–H and O–H groups in total. The molecule has 0 unspecified atom stereocenters. The van der Waals surface area contributed by atoms with Crippen LogP contribution < -0.4 is 0 Å². The van der Waals surface area contributed by atoms with Crippen LogP contribution >= 0.6 is 22.9 Å². The van der Waals surface area contributed by atoms with E-state index in [-0.39, 0.29) is 0 Å². The fourth-order valence-corrected chi connectivity index (χ4v) is 2.06. The Hall–Kier alpha value is -0.120. The topological polar surface area (TPSA) is 16.1 Å². The molecule has 0 fully saturated rings. The molecule has 1 heterocycles. The van der Waals surface area contributed by atoms with Gasteiger partial charge in [0, 0.05) is 17.8 Å². The Bertz CT molecular complexity index is 226.